The molecule has 4 rings (SSSR count). The molecule has 0 saturated carbocycles. The number of hydrogen-bond acceptors (Lipinski definition) is 4. The number of aromatic nitrogens is 1. The molecular weight excluding hydrogens is 461 g/mol. The summed E-state index contributed by atoms with van der Waals surface area (Å²) in [5.74, 6) is -1.66. The molecule has 0 bridgehead atoms. The first-order valence-corrected chi connectivity index (χ1v) is 11.4. The molecule has 1 aliphatic rings. The van der Waals surface area contributed by atoms with Crippen LogP contribution in [0, 0.1) is 0 Å². The van der Waals surface area contributed by atoms with Gasteiger partial charge in [-0.05, 0) is 61.6 Å². The Bertz CT molecular complexity index is 1220. The third kappa shape index (κ3) is 5.33. The number of unbranched alkanes of at least 4 members (excludes halogenated alkanes) is 1. The number of carboxylic acids is 1. The molecule has 7 nitrogen and oxygen atoms in total. The highest BCUT2D eigenvalue weighted by atomic mass is 19.4. The van der Waals surface area contributed by atoms with Gasteiger partial charge in [-0.3, -0.25) is 10.1 Å². The predicted octanol–water partition coefficient (Wildman–Crippen LogP) is 3.49. The van der Waals surface area contributed by atoms with Crippen molar-refractivity contribution in [2.75, 3.05) is 6.54 Å². The average Bonchev–Trinajstić information content (AvgIpc) is 3.21. The number of para-hydroxylation sites is 1. The van der Waals surface area contributed by atoms with Gasteiger partial charge in [-0.1, -0.05) is 30.3 Å². The molecule has 35 heavy (non-hydrogen) atoms. The summed E-state index contributed by atoms with van der Waals surface area (Å²) in [5.41, 5.74) is 7.36. The fourth-order valence-corrected chi connectivity index (χ4v) is 4.58. The molecule has 0 fully saturated rings. The number of carbonyl (C=O) groups excluding carboxylic acids is 1. The van der Waals surface area contributed by atoms with Gasteiger partial charge in [0.15, 0.2) is 0 Å². The number of aliphatic carboxylic acids is 1. The number of rotatable bonds is 8. The van der Waals surface area contributed by atoms with E-state index in [1.54, 1.807) is 6.07 Å². The van der Waals surface area contributed by atoms with E-state index in [1.165, 1.54) is 6.07 Å². The summed E-state index contributed by atoms with van der Waals surface area (Å²) >= 11 is 0. The van der Waals surface area contributed by atoms with Crippen LogP contribution < -0.4 is 16.4 Å². The van der Waals surface area contributed by atoms with Gasteiger partial charge in [0.1, 0.15) is 6.04 Å². The second kappa shape index (κ2) is 10.1. The van der Waals surface area contributed by atoms with Crippen LogP contribution in [0.3, 0.4) is 0 Å². The Morgan fingerprint density at radius 3 is 2.63 bits per heavy atom. The van der Waals surface area contributed by atoms with Gasteiger partial charge in [0, 0.05) is 16.6 Å². The summed E-state index contributed by atoms with van der Waals surface area (Å²) in [5, 5.41) is 16.2. The number of nitrogens with one attached hydrogen (secondary N) is 3. The van der Waals surface area contributed by atoms with Gasteiger partial charge in [0.2, 0.25) is 5.91 Å². The van der Waals surface area contributed by atoms with E-state index in [9.17, 15) is 27.9 Å². The normalized spacial score (nSPS) is 18.7. The van der Waals surface area contributed by atoms with Crippen LogP contribution >= 0.6 is 0 Å². The van der Waals surface area contributed by atoms with Gasteiger partial charge < -0.3 is 21.1 Å². The molecule has 186 valence electrons. The molecule has 3 aromatic rings. The van der Waals surface area contributed by atoms with Gasteiger partial charge in [-0.2, -0.15) is 13.2 Å². The standard InChI is InChI=1S/C25H27F3N4O3/c26-25(27,28)15-7-5-6-14(12-15)21-22-17(16-8-1-2-9-18(16)30-22)13-20(31-21)23(33)32-19(24(34)35)10-3-4-11-29/h1-2,5-9,12,19-21,30-31H,3-4,10-11,13,29H2,(H,32,33)(H,34,35). The Morgan fingerprint density at radius 1 is 1.14 bits per heavy atom. The Labute approximate surface area is 199 Å². The van der Waals surface area contributed by atoms with Crippen molar-refractivity contribution in [3.8, 4) is 0 Å². The molecular formula is C25H27F3N4O3. The molecule has 2 aromatic carbocycles. The van der Waals surface area contributed by atoms with Crippen molar-refractivity contribution < 1.29 is 27.9 Å². The average molecular weight is 489 g/mol. The summed E-state index contributed by atoms with van der Waals surface area (Å²) in [7, 11) is 0. The fourth-order valence-electron chi connectivity index (χ4n) is 4.58. The van der Waals surface area contributed by atoms with Crippen LogP contribution in [0.2, 0.25) is 0 Å². The highest BCUT2D eigenvalue weighted by molar-refractivity contribution is 5.90. The van der Waals surface area contributed by atoms with Crippen LogP contribution in [0.4, 0.5) is 13.2 Å². The van der Waals surface area contributed by atoms with E-state index >= 15 is 0 Å². The molecule has 10 heteroatoms. The molecule has 2 heterocycles. The van der Waals surface area contributed by atoms with Crippen LogP contribution in [0.15, 0.2) is 48.5 Å². The number of aromatic amines is 1. The quantitative estimate of drug-likeness (QED) is 0.311. The van der Waals surface area contributed by atoms with Crippen molar-refractivity contribution in [2.45, 2.75) is 50.0 Å². The van der Waals surface area contributed by atoms with Crippen LogP contribution in [0.5, 0.6) is 0 Å². The molecule has 1 aromatic heterocycles. The van der Waals surface area contributed by atoms with E-state index in [4.69, 9.17) is 5.73 Å². The smallest absolute Gasteiger partial charge is 0.416 e. The van der Waals surface area contributed by atoms with Gasteiger partial charge in [0.05, 0.1) is 17.6 Å². The zero-order chi connectivity index (χ0) is 25.2. The summed E-state index contributed by atoms with van der Waals surface area (Å²) in [6.45, 7) is 0.423. The number of alkyl halides is 3. The first kappa shape index (κ1) is 24.7. The Balaban J connectivity index is 1.68. The van der Waals surface area contributed by atoms with Gasteiger partial charge >= 0.3 is 12.1 Å². The molecule has 3 atom stereocenters. The zero-order valence-corrected chi connectivity index (χ0v) is 18.9. The molecule has 0 spiro atoms. The largest absolute Gasteiger partial charge is 0.480 e. The topological polar surface area (TPSA) is 120 Å². The number of fused-ring (bicyclic) bond motifs is 3. The zero-order valence-electron chi connectivity index (χ0n) is 18.9. The highest BCUT2D eigenvalue weighted by Crippen LogP contribution is 2.37. The number of benzene rings is 2. The lowest BCUT2D eigenvalue weighted by Gasteiger charge is -2.32. The SMILES string of the molecule is NCCCCC(NC(=O)C1Cc2c([nH]c3ccccc23)C(c2cccc(C(F)(F)F)c2)N1)C(=O)O. The van der Waals surface area contributed by atoms with E-state index in [-0.39, 0.29) is 12.8 Å². The highest BCUT2D eigenvalue weighted by Gasteiger charge is 2.37. The van der Waals surface area contributed by atoms with Crippen molar-refractivity contribution >= 4 is 22.8 Å². The molecule has 1 aliphatic heterocycles. The molecule has 1 amide bonds. The van der Waals surface area contributed by atoms with Crippen LogP contribution in [0.25, 0.3) is 10.9 Å². The third-order valence-electron chi connectivity index (χ3n) is 6.34. The summed E-state index contributed by atoms with van der Waals surface area (Å²) in [4.78, 5) is 28.1. The van der Waals surface area contributed by atoms with E-state index in [1.807, 2.05) is 24.3 Å². The van der Waals surface area contributed by atoms with E-state index in [2.05, 4.69) is 15.6 Å². The second-order valence-electron chi connectivity index (χ2n) is 8.73. The minimum Gasteiger partial charge on any atom is -0.480 e. The Hall–Kier alpha value is -3.37. The molecule has 6 N–H and O–H groups in total. The molecule has 3 unspecified atom stereocenters. The first-order valence-electron chi connectivity index (χ1n) is 11.4. The maximum Gasteiger partial charge on any atom is 0.416 e. The van der Waals surface area contributed by atoms with Crippen LogP contribution in [-0.2, 0) is 22.2 Å². The number of amides is 1. The number of hydrogen-bond donors (Lipinski definition) is 5. The Kier molecular flexibility index (Phi) is 7.13. The number of carboxylic acid groups (broad SMARTS) is 1. The van der Waals surface area contributed by atoms with Gasteiger partial charge in [-0.25, -0.2) is 4.79 Å². The van der Waals surface area contributed by atoms with E-state index in [0.717, 1.165) is 28.6 Å². The summed E-state index contributed by atoms with van der Waals surface area (Å²) in [6, 6.07) is 9.81. The van der Waals surface area contributed by atoms with Crippen molar-refractivity contribution in [1.82, 2.24) is 15.6 Å². The number of H-pyrrole nitrogens is 1. The lowest BCUT2D eigenvalue weighted by molar-refractivity contribution is -0.142. The fraction of sp³-hybridized carbons (Fsp3) is 0.360. The lowest BCUT2D eigenvalue weighted by atomic mass is 9.89. The monoisotopic (exact) mass is 488 g/mol. The molecule has 0 radical (unpaired) electrons. The minimum absolute atomic E-state index is 0.236. The number of halogens is 3. The minimum atomic E-state index is -4.51. The maximum absolute atomic E-state index is 13.4. The van der Waals surface area contributed by atoms with Crippen LogP contribution in [-0.4, -0.2) is 40.6 Å². The summed E-state index contributed by atoms with van der Waals surface area (Å²) < 4.78 is 40.2. The third-order valence-corrected chi connectivity index (χ3v) is 6.34. The van der Waals surface area contributed by atoms with Crippen molar-refractivity contribution in [2.24, 2.45) is 5.73 Å². The van der Waals surface area contributed by atoms with Gasteiger partial charge in [0.25, 0.3) is 0 Å². The molecule has 0 saturated heterocycles. The number of nitrogens with two attached hydrogens (primary N) is 1. The van der Waals surface area contributed by atoms with E-state index < -0.39 is 41.7 Å². The van der Waals surface area contributed by atoms with Crippen molar-refractivity contribution in [1.29, 1.82) is 0 Å². The lowest BCUT2D eigenvalue weighted by Crippen LogP contribution is -2.53. The van der Waals surface area contributed by atoms with Gasteiger partial charge in [-0.15, -0.1) is 0 Å². The second-order valence-corrected chi connectivity index (χ2v) is 8.73. The van der Waals surface area contributed by atoms with Crippen molar-refractivity contribution in [3.05, 3.63) is 70.9 Å². The molecule has 0 aliphatic carbocycles. The predicted molar refractivity (Wildman–Crippen MR) is 125 cm³/mol. The van der Waals surface area contributed by atoms with E-state index in [0.29, 0.717) is 30.6 Å². The number of carbonyl (C=O) groups is 2. The Morgan fingerprint density at radius 2 is 1.91 bits per heavy atom. The van der Waals surface area contributed by atoms with Crippen LogP contribution in [0.1, 0.15) is 47.7 Å². The maximum atomic E-state index is 13.4. The first-order chi connectivity index (χ1) is 16.7. The summed E-state index contributed by atoms with van der Waals surface area (Å²) in [6.07, 6.45) is -2.83. The van der Waals surface area contributed by atoms with Crippen molar-refractivity contribution in [3.63, 3.8) is 0 Å².